The van der Waals surface area contributed by atoms with Crippen LogP contribution in [0.3, 0.4) is 0 Å². The van der Waals surface area contributed by atoms with E-state index in [9.17, 15) is 9.90 Å². The summed E-state index contributed by atoms with van der Waals surface area (Å²) >= 11 is 0. The number of rotatable bonds is 3. The number of hydrogen-bond acceptors (Lipinski definition) is 3. The van der Waals surface area contributed by atoms with Crippen molar-refractivity contribution in [1.82, 2.24) is 4.90 Å². The highest BCUT2D eigenvalue weighted by atomic mass is 16.3. The second-order valence-corrected chi connectivity index (χ2v) is 4.36. The van der Waals surface area contributed by atoms with Crippen LogP contribution in [0.4, 0.5) is 0 Å². The molecular formula is C13H17NO2. The molecule has 3 nitrogen and oxygen atoms in total. The first-order valence-corrected chi connectivity index (χ1v) is 5.74. The van der Waals surface area contributed by atoms with Crippen molar-refractivity contribution in [2.75, 3.05) is 13.1 Å². The van der Waals surface area contributed by atoms with Crippen LogP contribution in [0.1, 0.15) is 41.7 Å². The molecule has 1 aliphatic rings. The Bertz CT molecular complexity index is 384. The molecule has 0 radical (unpaired) electrons. The van der Waals surface area contributed by atoms with Crippen LogP contribution in [0.5, 0.6) is 5.75 Å². The van der Waals surface area contributed by atoms with E-state index in [4.69, 9.17) is 0 Å². The number of carbonyl (C=O) groups is 1. The molecule has 86 valence electrons. The van der Waals surface area contributed by atoms with Gasteiger partial charge in [-0.05, 0) is 50.6 Å². The Labute approximate surface area is 95.7 Å². The third-order valence-corrected chi connectivity index (χ3v) is 3.35. The van der Waals surface area contributed by atoms with Crippen molar-refractivity contribution in [3.05, 3.63) is 29.3 Å². The molecule has 1 aliphatic heterocycles. The third-order valence-electron chi connectivity index (χ3n) is 3.35. The average Bonchev–Trinajstić information content (AvgIpc) is 2.82. The molecule has 0 bridgehead atoms. The third kappa shape index (κ3) is 2.09. The maximum Gasteiger partial charge on any atom is 0.153 e. The Kier molecular flexibility index (Phi) is 3.25. The fourth-order valence-corrected chi connectivity index (χ4v) is 2.27. The van der Waals surface area contributed by atoms with Crippen molar-refractivity contribution in [1.29, 1.82) is 0 Å². The zero-order valence-electron chi connectivity index (χ0n) is 9.52. The van der Waals surface area contributed by atoms with Crippen LogP contribution in [0, 0.1) is 0 Å². The number of benzene rings is 1. The number of aromatic hydroxyl groups is 1. The minimum atomic E-state index is 0.0624. The summed E-state index contributed by atoms with van der Waals surface area (Å²) in [5, 5.41) is 9.44. The first kappa shape index (κ1) is 11.1. The maximum atomic E-state index is 10.7. The average molecular weight is 219 g/mol. The number of phenols is 1. The number of carbonyl (C=O) groups excluding carboxylic acids is 1. The lowest BCUT2D eigenvalue weighted by molar-refractivity contribution is 0.112. The molecule has 2 rings (SSSR count). The normalized spacial score (nSPS) is 18.6. The summed E-state index contributed by atoms with van der Waals surface area (Å²) in [4.78, 5) is 13.2. The van der Waals surface area contributed by atoms with E-state index in [1.54, 1.807) is 12.1 Å². The van der Waals surface area contributed by atoms with Gasteiger partial charge in [-0.3, -0.25) is 9.69 Å². The molecule has 1 fully saturated rings. The van der Waals surface area contributed by atoms with Crippen LogP contribution in [0.15, 0.2) is 18.2 Å². The van der Waals surface area contributed by atoms with E-state index < -0.39 is 0 Å². The molecule has 3 heteroatoms. The molecular weight excluding hydrogens is 202 g/mol. The van der Waals surface area contributed by atoms with E-state index >= 15 is 0 Å². The smallest absolute Gasteiger partial charge is 0.153 e. The standard InChI is InChI=1S/C13H17NO2/c1-10(14-6-2-3-7-14)11-4-5-13(16)12(8-11)9-15/h4-5,8-10,16H,2-3,6-7H2,1H3. The monoisotopic (exact) mass is 219 g/mol. The number of nitrogens with zero attached hydrogens (tertiary/aromatic N) is 1. The molecule has 1 atom stereocenters. The second kappa shape index (κ2) is 4.66. The predicted molar refractivity (Wildman–Crippen MR) is 62.7 cm³/mol. The summed E-state index contributed by atoms with van der Waals surface area (Å²) < 4.78 is 0. The first-order chi connectivity index (χ1) is 7.72. The minimum Gasteiger partial charge on any atom is -0.507 e. The molecule has 1 aromatic carbocycles. The van der Waals surface area contributed by atoms with Crippen molar-refractivity contribution < 1.29 is 9.90 Å². The van der Waals surface area contributed by atoms with E-state index in [0.29, 0.717) is 17.9 Å². The van der Waals surface area contributed by atoms with Gasteiger partial charge in [0.15, 0.2) is 6.29 Å². The van der Waals surface area contributed by atoms with Crippen LogP contribution < -0.4 is 0 Å². The van der Waals surface area contributed by atoms with Gasteiger partial charge in [0.05, 0.1) is 5.56 Å². The molecule has 0 aromatic heterocycles. The summed E-state index contributed by atoms with van der Waals surface area (Å²) in [6.45, 7) is 4.39. The first-order valence-electron chi connectivity index (χ1n) is 5.74. The number of aldehydes is 1. The fraction of sp³-hybridized carbons (Fsp3) is 0.462. The van der Waals surface area contributed by atoms with Crippen molar-refractivity contribution >= 4 is 6.29 Å². The molecule has 1 N–H and O–H groups in total. The Morgan fingerprint density at radius 3 is 2.69 bits per heavy atom. The molecule has 0 spiro atoms. The zero-order valence-corrected chi connectivity index (χ0v) is 9.52. The summed E-state index contributed by atoms with van der Waals surface area (Å²) in [5.74, 6) is 0.0624. The van der Waals surface area contributed by atoms with Crippen LogP contribution in [0.25, 0.3) is 0 Å². The molecule has 0 saturated carbocycles. The van der Waals surface area contributed by atoms with Gasteiger partial charge < -0.3 is 5.11 Å². The van der Waals surface area contributed by atoms with Crippen LogP contribution >= 0.6 is 0 Å². The Morgan fingerprint density at radius 1 is 1.38 bits per heavy atom. The molecule has 1 aromatic rings. The maximum absolute atomic E-state index is 10.7. The SMILES string of the molecule is CC(c1ccc(O)c(C=O)c1)N1CCCC1. The van der Waals surface area contributed by atoms with E-state index in [-0.39, 0.29) is 5.75 Å². The van der Waals surface area contributed by atoms with Gasteiger partial charge in [0.25, 0.3) is 0 Å². The van der Waals surface area contributed by atoms with Gasteiger partial charge in [-0.1, -0.05) is 6.07 Å². The fourth-order valence-electron chi connectivity index (χ4n) is 2.27. The minimum absolute atomic E-state index is 0.0624. The number of likely N-dealkylation sites (tertiary alicyclic amines) is 1. The van der Waals surface area contributed by atoms with Gasteiger partial charge in [0, 0.05) is 6.04 Å². The van der Waals surface area contributed by atoms with Gasteiger partial charge >= 0.3 is 0 Å². The summed E-state index contributed by atoms with van der Waals surface area (Å²) in [6, 6.07) is 5.60. The van der Waals surface area contributed by atoms with Crippen LogP contribution in [-0.4, -0.2) is 29.4 Å². The van der Waals surface area contributed by atoms with Crippen LogP contribution in [0.2, 0.25) is 0 Å². The van der Waals surface area contributed by atoms with Crippen molar-refractivity contribution in [3.8, 4) is 5.75 Å². The van der Waals surface area contributed by atoms with Gasteiger partial charge in [0.1, 0.15) is 5.75 Å². The highest BCUT2D eigenvalue weighted by Gasteiger charge is 2.19. The van der Waals surface area contributed by atoms with E-state index in [0.717, 1.165) is 18.7 Å². The molecule has 16 heavy (non-hydrogen) atoms. The molecule has 0 aliphatic carbocycles. The molecule has 1 saturated heterocycles. The van der Waals surface area contributed by atoms with E-state index in [2.05, 4.69) is 11.8 Å². The lowest BCUT2D eigenvalue weighted by atomic mass is 10.0. The highest BCUT2D eigenvalue weighted by molar-refractivity contribution is 5.79. The quantitative estimate of drug-likeness (QED) is 0.793. The highest BCUT2D eigenvalue weighted by Crippen LogP contribution is 2.27. The lowest BCUT2D eigenvalue weighted by Gasteiger charge is -2.24. The van der Waals surface area contributed by atoms with Gasteiger partial charge in [-0.2, -0.15) is 0 Å². The summed E-state index contributed by atoms with van der Waals surface area (Å²) in [5.41, 5.74) is 1.48. The van der Waals surface area contributed by atoms with Crippen LogP contribution in [-0.2, 0) is 0 Å². The topological polar surface area (TPSA) is 40.5 Å². The number of phenolic OH excluding ortho intramolecular Hbond substituents is 1. The molecule has 1 heterocycles. The van der Waals surface area contributed by atoms with Crippen molar-refractivity contribution in [3.63, 3.8) is 0 Å². The van der Waals surface area contributed by atoms with Gasteiger partial charge in [-0.25, -0.2) is 0 Å². The Balaban J connectivity index is 2.22. The summed E-state index contributed by atoms with van der Waals surface area (Å²) in [6.07, 6.45) is 3.21. The largest absolute Gasteiger partial charge is 0.507 e. The van der Waals surface area contributed by atoms with Crippen molar-refractivity contribution in [2.24, 2.45) is 0 Å². The van der Waals surface area contributed by atoms with E-state index in [1.165, 1.54) is 12.8 Å². The summed E-state index contributed by atoms with van der Waals surface area (Å²) in [7, 11) is 0. The Morgan fingerprint density at radius 2 is 2.06 bits per heavy atom. The van der Waals surface area contributed by atoms with E-state index in [1.807, 2.05) is 6.07 Å². The zero-order chi connectivity index (χ0) is 11.5. The molecule has 1 unspecified atom stereocenters. The number of hydrogen-bond donors (Lipinski definition) is 1. The predicted octanol–water partition coefficient (Wildman–Crippen LogP) is 2.36. The van der Waals surface area contributed by atoms with Gasteiger partial charge in [-0.15, -0.1) is 0 Å². The Hall–Kier alpha value is -1.35. The lowest BCUT2D eigenvalue weighted by Crippen LogP contribution is -2.23. The molecule has 0 amide bonds. The second-order valence-electron chi connectivity index (χ2n) is 4.36. The van der Waals surface area contributed by atoms with Crippen molar-refractivity contribution in [2.45, 2.75) is 25.8 Å². The van der Waals surface area contributed by atoms with Gasteiger partial charge in [0.2, 0.25) is 0 Å².